The SMILES string of the molecule is CCC(CC)C(Cl)CNCCCC(F)(F)F. The highest BCUT2D eigenvalue weighted by Crippen LogP contribution is 2.21. The Hall–Kier alpha value is 0.0400. The molecule has 0 aliphatic heterocycles. The molecular formula is C11H21ClF3N. The standard InChI is InChI=1S/C11H21ClF3N/c1-3-9(4-2)10(12)8-16-7-5-6-11(13,14)15/h9-10,16H,3-8H2,1-2H3. The molecule has 0 aliphatic rings. The molecular weight excluding hydrogens is 239 g/mol. The predicted molar refractivity (Wildman–Crippen MR) is 61.9 cm³/mol. The summed E-state index contributed by atoms with van der Waals surface area (Å²) in [6.07, 6.45) is -2.63. The minimum Gasteiger partial charge on any atom is -0.315 e. The molecule has 0 heterocycles. The van der Waals surface area contributed by atoms with Gasteiger partial charge >= 0.3 is 6.18 Å². The monoisotopic (exact) mass is 259 g/mol. The van der Waals surface area contributed by atoms with Gasteiger partial charge < -0.3 is 5.32 Å². The summed E-state index contributed by atoms with van der Waals surface area (Å²) in [4.78, 5) is 0. The van der Waals surface area contributed by atoms with Crippen LogP contribution in [0.3, 0.4) is 0 Å². The maximum atomic E-state index is 11.8. The minimum absolute atomic E-state index is 0.0147. The zero-order chi connectivity index (χ0) is 12.6. The van der Waals surface area contributed by atoms with Crippen LogP contribution in [0, 0.1) is 5.92 Å². The summed E-state index contributed by atoms with van der Waals surface area (Å²) in [7, 11) is 0. The van der Waals surface area contributed by atoms with E-state index < -0.39 is 12.6 Å². The normalized spacial score (nSPS) is 14.4. The third-order valence-corrected chi connectivity index (χ3v) is 3.22. The largest absolute Gasteiger partial charge is 0.389 e. The van der Waals surface area contributed by atoms with Crippen molar-refractivity contribution in [3.8, 4) is 0 Å². The number of hydrogen-bond acceptors (Lipinski definition) is 1. The molecule has 0 radical (unpaired) electrons. The van der Waals surface area contributed by atoms with Gasteiger partial charge in [-0.2, -0.15) is 13.2 Å². The van der Waals surface area contributed by atoms with Gasteiger partial charge in [-0.15, -0.1) is 11.6 Å². The van der Waals surface area contributed by atoms with Crippen LogP contribution in [0.5, 0.6) is 0 Å². The van der Waals surface area contributed by atoms with Crippen LogP contribution < -0.4 is 5.32 Å². The molecule has 1 nitrogen and oxygen atoms in total. The molecule has 5 heteroatoms. The Morgan fingerprint density at radius 3 is 2.19 bits per heavy atom. The highest BCUT2D eigenvalue weighted by atomic mass is 35.5. The molecule has 16 heavy (non-hydrogen) atoms. The summed E-state index contributed by atoms with van der Waals surface area (Å²) < 4.78 is 35.5. The first kappa shape index (κ1) is 16.0. The molecule has 0 fully saturated rings. The third kappa shape index (κ3) is 8.22. The Morgan fingerprint density at radius 1 is 1.19 bits per heavy atom. The Labute approximate surface area is 101 Å². The topological polar surface area (TPSA) is 12.0 Å². The second-order valence-corrected chi connectivity index (χ2v) is 4.58. The van der Waals surface area contributed by atoms with Crippen LogP contribution in [0.25, 0.3) is 0 Å². The fourth-order valence-electron chi connectivity index (χ4n) is 1.62. The van der Waals surface area contributed by atoms with Crippen molar-refractivity contribution in [1.82, 2.24) is 5.32 Å². The molecule has 0 aliphatic carbocycles. The van der Waals surface area contributed by atoms with Crippen molar-refractivity contribution >= 4 is 11.6 Å². The molecule has 0 bridgehead atoms. The van der Waals surface area contributed by atoms with Crippen LogP contribution in [-0.2, 0) is 0 Å². The summed E-state index contributed by atoms with van der Waals surface area (Å²) in [5, 5.41) is 2.99. The second-order valence-electron chi connectivity index (χ2n) is 4.02. The van der Waals surface area contributed by atoms with Crippen LogP contribution in [0.1, 0.15) is 39.5 Å². The van der Waals surface area contributed by atoms with Gasteiger partial charge in [0.15, 0.2) is 0 Å². The van der Waals surface area contributed by atoms with E-state index in [0.717, 1.165) is 12.8 Å². The average Bonchev–Trinajstić information content (AvgIpc) is 2.17. The third-order valence-electron chi connectivity index (χ3n) is 2.71. The molecule has 0 aromatic rings. The van der Waals surface area contributed by atoms with Gasteiger partial charge in [0, 0.05) is 18.3 Å². The van der Waals surface area contributed by atoms with Gasteiger partial charge in [0.05, 0.1) is 0 Å². The van der Waals surface area contributed by atoms with E-state index in [1.807, 2.05) is 0 Å². The lowest BCUT2D eigenvalue weighted by molar-refractivity contribution is -0.135. The van der Waals surface area contributed by atoms with Gasteiger partial charge in [-0.25, -0.2) is 0 Å². The number of nitrogens with one attached hydrogen (secondary N) is 1. The van der Waals surface area contributed by atoms with Crippen LogP contribution in [0.15, 0.2) is 0 Å². The van der Waals surface area contributed by atoms with Crippen molar-refractivity contribution in [1.29, 1.82) is 0 Å². The van der Waals surface area contributed by atoms with E-state index in [1.165, 1.54) is 0 Å². The maximum Gasteiger partial charge on any atom is 0.389 e. The molecule has 0 saturated heterocycles. The maximum absolute atomic E-state index is 11.8. The van der Waals surface area contributed by atoms with Gasteiger partial charge in [0.1, 0.15) is 0 Å². The fourth-order valence-corrected chi connectivity index (χ4v) is 2.09. The first-order valence-electron chi connectivity index (χ1n) is 5.82. The van der Waals surface area contributed by atoms with E-state index in [-0.39, 0.29) is 11.8 Å². The zero-order valence-electron chi connectivity index (χ0n) is 9.91. The lowest BCUT2D eigenvalue weighted by Crippen LogP contribution is -2.29. The quantitative estimate of drug-likeness (QED) is 0.514. The van der Waals surface area contributed by atoms with Crippen molar-refractivity contribution in [2.75, 3.05) is 13.1 Å². The fraction of sp³-hybridized carbons (Fsp3) is 1.00. The average molecular weight is 260 g/mol. The van der Waals surface area contributed by atoms with E-state index in [1.54, 1.807) is 0 Å². The van der Waals surface area contributed by atoms with Gasteiger partial charge in [0.25, 0.3) is 0 Å². The van der Waals surface area contributed by atoms with E-state index in [0.29, 0.717) is 19.0 Å². The minimum atomic E-state index is -4.04. The van der Waals surface area contributed by atoms with Crippen molar-refractivity contribution in [2.45, 2.75) is 51.1 Å². The van der Waals surface area contributed by atoms with E-state index in [2.05, 4.69) is 19.2 Å². The highest BCUT2D eigenvalue weighted by molar-refractivity contribution is 6.21. The summed E-state index contributed by atoms with van der Waals surface area (Å²) in [6, 6.07) is 0. The first-order valence-corrected chi connectivity index (χ1v) is 6.25. The number of halogens is 4. The van der Waals surface area contributed by atoms with E-state index >= 15 is 0 Å². The van der Waals surface area contributed by atoms with Crippen molar-refractivity contribution in [2.24, 2.45) is 5.92 Å². The lowest BCUT2D eigenvalue weighted by Gasteiger charge is -2.19. The predicted octanol–water partition coefficient (Wildman–Crippen LogP) is 3.96. The molecule has 0 amide bonds. The molecule has 98 valence electrons. The zero-order valence-corrected chi connectivity index (χ0v) is 10.7. The summed E-state index contributed by atoms with van der Waals surface area (Å²) in [6.45, 7) is 5.12. The Balaban J connectivity index is 3.51. The number of hydrogen-bond donors (Lipinski definition) is 1. The smallest absolute Gasteiger partial charge is 0.315 e. The Bertz CT molecular complexity index is 169. The van der Waals surface area contributed by atoms with Gasteiger partial charge in [-0.05, 0) is 18.9 Å². The first-order chi connectivity index (χ1) is 7.40. The lowest BCUT2D eigenvalue weighted by atomic mass is 9.99. The highest BCUT2D eigenvalue weighted by Gasteiger charge is 2.25. The molecule has 0 aromatic heterocycles. The van der Waals surface area contributed by atoms with Crippen molar-refractivity contribution in [3.05, 3.63) is 0 Å². The van der Waals surface area contributed by atoms with Crippen molar-refractivity contribution < 1.29 is 13.2 Å². The summed E-state index contributed by atoms with van der Waals surface area (Å²) >= 11 is 6.13. The van der Waals surface area contributed by atoms with Crippen LogP contribution in [0.2, 0.25) is 0 Å². The van der Waals surface area contributed by atoms with Crippen molar-refractivity contribution in [3.63, 3.8) is 0 Å². The molecule has 0 saturated carbocycles. The molecule has 0 aromatic carbocycles. The van der Waals surface area contributed by atoms with Gasteiger partial charge in [0.2, 0.25) is 0 Å². The summed E-state index contributed by atoms with van der Waals surface area (Å²) in [5.41, 5.74) is 0. The van der Waals surface area contributed by atoms with E-state index in [9.17, 15) is 13.2 Å². The molecule has 1 N–H and O–H groups in total. The summed E-state index contributed by atoms with van der Waals surface area (Å²) in [5.74, 6) is 0.441. The number of rotatable bonds is 8. The molecule has 0 rings (SSSR count). The molecule has 0 spiro atoms. The van der Waals surface area contributed by atoms with Crippen LogP contribution in [0.4, 0.5) is 13.2 Å². The van der Waals surface area contributed by atoms with Gasteiger partial charge in [-0.3, -0.25) is 0 Å². The van der Waals surface area contributed by atoms with Gasteiger partial charge in [-0.1, -0.05) is 26.7 Å². The van der Waals surface area contributed by atoms with Crippen LogP contribution in [-0.4, -0.2) is 24.6 Å². The van der Waals surface area contributed by atoms with E-state index in [4.69, 9.17) is 11.6 Å². The number of alkyl halides is 4. The molecule has 1 unspecified atom stereocenters. The molecule has 1 atom stereocenters. The van der Waals surface area contributed by atoms with Crippen LogP contribution >= 0.6 is 11.6 Å². The Morgan fingerprint density at radius 2 is 1.75 bits per heavy atom. The second kappa shape index (κ2) is 8.18. The Kier molecular flexibility index (Phi) is 8.20.